The minimum atomic E-state index is -4.67. The number of carboxylic acid groups (broad SMARTS) is 1. The van der Waals surface area contributed by atoms with E-state index in [9.17, 15) is 27.6 Å². The number of carbonyl (C=O) groups excluding carboxylic acids is 2. The summed E-state index contributed by atoms with van der Waals surface area (Å²) in [6.07, 6.45) is -4.67. The van der Waals surface area contributed by atoms with E-state index in [2.05, 4.69) is 10.6 Å². The van der Waals surface area contributed by atoms with Crippen LogP contribution in [0.4, 0.5) is 18.9 Å². The average Bonchev–Trinajstić information content (AvgIpc) is 2.44. The van der Waals surface area contributed by atoms with Crippen LogP contribution >= 0.6 is 11.8 Å². The minimum Gasteiger partial charge on any atom is -0.481 e. The molecule has 0 saturated heterocycles. The molecular weight excluding hydrogens is 349 g/mol. The van der Waals surface area contributed by atoms with E-state index in [4.69, 9.17) is 5.11 Å². The molecule has 3 N–H and O–H groups in total. The number of amides is 2. The molecule has 1 aromatic rings. The lowest BCUT2D eigenvalue weighted by Gasteiger charge is -2.12. The van der Waals surface area contributed by atoms with E-state index in [0.717, 1.165) is 30.8 Å². The zero-order valence-electron chi connectivity index (χ0n) is 12.6. The second kappa shape index (κ2) is 8.57. The number of benzene rings is 1. The molecule has 132 valence electrons. The molecule has 6 nitrogen and oxygen atoms in total. The van der Waals surface area contributed by atoms with Gasteiger partial charge in [0.2, 0.25) is 5.91 Å². The third kappa shape index (κ3) is 6.90. The molecule has 0 fully saturated rings. The van der Waals surface area contributed by atoms with Gasteiger partial charge in [-0.1, -0.05) is 0 Å². The number of halogens is 3. The van der Waals surface area contributed by atoms with E-state index in [0.29, 0.717) is 11.8 Å². The lowest BCUT2D eigenvalue weighted by Crippen LogP contribution is -2.26. The van der Waals surface area contributed by atoms with Gasteiger partial charge in [0.15, 0.2) is 0 Å². The van der Waals surface area contributed by atoms with Crippen LogP contribution in [-0.4, -0.2) is 40.9 Å². The van der Waals surface area contributed by atoms with Gasteiger partial charge in [0, 0.05) is 30.5 Å². The van der Waals surface area contributed by atoms with Crippen molar-refractivity contribution in [2.75, 3.05) is 23.4 Å². The number of hydrogen-bond donors (Lipinski definition) is 3. The second-order valence-electron chi connectivity index (χ2n) is 4.68. The van der Waals surface area contributed by atoms with Crippen LogP contribution in [0.15, 0.2) is 18.2 Å². The molecular formula is C14H15F3N2O4S. The van der Waals surface area contributed by atoms with Crippen LogP contribution in [-0.2, 0) is 15.8 Å². The highest BCUT2D eigenvalue weighted by Gasteiger charge is 2.32. The highest BCUT2D eigenvalue weighted by atomic mass is 32.2. The Bertz CT molecular complexity index is 635. The first-order chi connectivity index (χ1) is 11.1. The van der Waals surface area contributed by atoms with Gasteiger partial charge in [-0.2, -0.15) is 13.2 Å². The van der Waals surface area contributed by atoms with Gasteiger partial charge in [0.1, 0.15) is 0 Å². The summed E-state index contributed by atoms with van der Waals surface area (Å²) in [6, 6.07) is 2.56. The molecule has 0 aliphatic heterocycles. The van der Waals surface area contributed by atoms with Gasteiger partial charge in [0.05, 0.1) is 11.3 Å². The predicted molar refractivity (Wildman–Crippen MR) is 83.0 cm³/mol. The van der Waals surface area contributed by atoms with E-state index in [1.54, 1.807) is 0 Å². The third-order valence-corrected chi connectivity index (χ3v) is 3.54. The maximum absolute atomic E-state index is 12.9. The van der Waals surface area contributed by atoms with Gasteiger partial charge < -0.3 is 15.7 Å². The minimum absolute atomic E-state index is 0.0997. The van der Waals surface area contributed by atoms with Crippen molar-refractivity contribution in [3.8, 4) is 0 Å². The molecule has 0 aliphatic rings. The third-order valence-electron chi connectivity index (χ3n) is 2.60. The summed E-state index contributed by atoms with van der Waals surface area (Å²) < 4.78 is 38.6. The highest BCUT2D eigenvalue weighted by molar-refractivity contribution is 7.99. The Morgan fingerprint density at radius 1 is 1.21 bits per heavy atom. The summed E-state index contributed by atoms with van der Waals surface area (Å²) in [5.74, 6) is -2.14. The van der Waals surface area contributed by atoms with E-state index in [-0.39, 0.29) is 23.5 Å². The summed E-state index contributed by atoms with van der Waals surface area (Å²) in [5, 5.41) is 13.1. The number of carbonyl (C=O) groups is 3. The quantitative estimate of drug-likeness (QED) is 0.645. The SMILES string of the molecule is CC(=O)Nc1cc(C(=O)NCCSCC(=O)O)cc(C(F)(F)F)c1. The van der Waals surface area contributed by atoms with Crippen molar-refractivity contribution in [3.63, 3.8) is 0 Å². The fraction of sp³-hybridized carbons (Fsp3) is 0.357. The molecule has 2 amide bonds. The summed E-state index contributed by atoms with van der Waals surface area (Å²) in [4.78, 5) is 33.3. The monoisotopic (exact) mass is 364 g/mol. The van der Waals surface area contributed by atoms with Gasteiger partial charge in [-0.3, -0.25) is 14.4 Å². The summed E-state index contributed by atoms with van der Waals surface area (Å²) in [7, 11) is 0. The number of nitrogens with one attached hydrogen (secondary N) is 2. The number of alkyl halides is 3. The van der Waals surface area contributed by atoms with Crippen LogP contribution in [0.2, 0.25) is 0 Å². The summed E-state index contributed by atoms with van der Waals surface area (Å²) >= 11 is 1.07. The van der Waals surface area contributed by atoms with Crippen LogP contribution in [0.25, 0.3) is 0 Å². The molecule has 0 unspecified atom stereocenters. The molecule has 24 heavy (non-hydrogen) atoms. The Balaban J connectivity index is 2.82. The Morgan fingerprint density at radius 3 is 2.42 bits per heavy atom. The highest BCUT2D eigenvalue weighted by Crippen LogP contribution is 2.32. The number of hydrogen-bond acceptors (Lipinski definition) is 4. The molecule has 0 aromatic heterocycles. The fourth-order valence-electron chi connectivity index (χ4n) is 1.70. The standard InChI is InChI=1S/C14H15F3N2O4S/c1-8(20)19-11-5-9(4-10(6-11)14(15,16)17)13(23)18-2-3-24-7-12(21)22/h4-6H,2-3,7H2,1H3,(H,18,23)(H,19,20)(H,21,22). The first-order valence-corrected chi connectivity index (χ1v) is 7.82. The molecule has 1 aromatic carbocycles. The van der Waals surface area contributed by atoms with Gasteiger partial charge in [0.25, 0.3) is 5.91 Å². The van der Waals surface area contributed by atoms with Crippen molar-refractivity contribution in [1.29, 1.82) is 0 Å². The molecule has 10 heteroatoms. The predicted octanol–water partition coefficient (Wildman–Crippen LogP) is 2.21. The molecule has 0 saturated carbocycles. The van der Waals surface area contributed by atoms with Crippen molar-refractivity contribution in [1.82, 2.24) is 5.32 Å². The number of aliphatic carboxylic acids is 1. The van der Waals surface area contributed by atoms with Crippen LogP contribution < -0.4 is 10.6 Å². The first-order valence-electron chi connectivity index (χ1n) is 6.67. The van der Waals surface area contributed by atoms with Crippen LogP contribution in [0.1, 0.15) is 22.8 Å². The second-order valence-corrected chi connectivity index (χ2v) is 5.79. The van der Waals surface area contributed by atoms with Gasteiger partial charge in [-0.25, -0.2) is 0 Å². The summed E-state index contributed by atoms with van der Waals surface area (Å²) in [5.41, 5.74) is -1.45. The maximum atomic E-state index is 12.9. The molecule has 0 atom stereocenters. The summed E-state index contributed by atoms with van der Waals surface area (Å²) in [6.45, 7) is 1.24. The molecule has 0 bridgehead atoms. The van der Waals surface area contributed by atoms with Gasteiger partial charge >= 0.3 is 12.1 Å². The zero-order chi connectivity index (χ0) is 18.3. The number of thioether (sulfide) groups is 1. The van der Waals surface area contributed by atoms with Crippen molar-refractivity contribution < 1.29 is 32.7 Å². The normalized spacial score (nSPS) is 11.0. The fourth-order valence-corrected chi connectivity index (χ4v) is 2.26. The lowest BCUT2D eigenvalue weighted by atomic mass is 10.1. The zero-order valence-corrected chi connectivity index (χ0v) is 13.4. The Kier molecular flexibility index (Phi) is 7.08. The lowest BCUT2D eigenvalue weighted by molar-refractivity contribution is -0.137. The Hall–Kier alpha value is -2.23. The smallest absolute Gasteiger partial charge is 0.416 e. The molecule has 0 aliphatic carbocycles. The van der Waals surface area contributed by atoms with E-state index in [1.807, 2.05) is 0 Å². The molecule has 0 radical (unpaired) electrons. The van der Waals surface area contributed by atoms with Crippen molar-refractivity contribution in [2.24, 2.45) is 0 Å². The molecule has 0 spiro atoms. The van der Waals surface area contributed by atoms with Gasteiger partial charge in [-0.15, -0.1) is 11.8 Å². The number of carboxylic acids is 1. The van der Waals surface area contributed by atoms with Crippen molar-refractivity contribution >= 4 is 35.2 Å². The number of rotatable bonds is 7. The van der Waals surface area contributed by atoms with Crippen molar-refractivity contribution in [3.05, 3.63) is 29.3 Å². The molecule has 0 heterocycles. The largest absolute Gasteiger partial charge is 0.481 e. The average molecular weight is 364 g/mol. The number of anilines is 1. The Labute approximate surface area is 139 Å². The maximum Gasteiger partial charge on any atom is 0.416 e. The van der Waals surface area contributed by atoms with Crippen molar-refractivity contribution in [2.45, 2.75) is 13.1 Å². The van der Waals surface area contributed by atoms with Crippen LogP contribution in [0, 0.1) is 0 Å². The molecule has 1 rings (SSSR count). The Morgan fingerprint density at radius 2 is 1.88 bits per heavy atom. The van der Waals surface area contributed by atoms with E-state index < -0.39 is 29.5 Å². The topological polar surface area (TPSA) is 95.5 Å². The van der Waals surface area contributed by atoms with Gasteiger partial charge in [-0.05, 0) is 18.2 Å². The van der Waals surface area contributed by atoms with Crippen LogP contribution in [0.5, 0.6) is 0 Å². The van der Waals surface area contributed by atoms with E-state index >= 15 is 0 Å². The first kappa shape index (κ1) is 19.8. The van der Waals surface area contributed by atoms with E-state index in [1.165, 1.54) is 0 Å². The van der Waals surface area contributed by atoms with Crippen LogP contribution in [0.3, 0.4) is 0 Å².